The Balaban J connectivity index is 1.68. The third-order valence-corrected chi connectivity index (χ3v) is 7.07. The molecule has 0 atom stereocenters. The second-order valence-corrected chi connectivity index (χ2v) is 9.50. The lowest BCUT2D eigenvalue weighted by Crippen LogP contribution is -2.59. The van der Waals surface area contributed by atoms with Gasteiger partial charge in [-0.25, -0.2) is 18.3 Å². The maximum Gasteiger partial charge on any atom is 0.240 e. The first-order valence-corrected chi connectivity index (χ1v) is 11.4. The van der Waals surface area contributed by atoms with Crippen molar-refractivity contribution in [2.24, 2.45) is 5.10 Å². The van der Waals surface area contributed by atoms with Crippen LogP contribution >= 0.6 is 0 Å². The van der Waals surface area contributed by atoms with Gasteiger partial charge in [0, 0.05) is 37.4 Å². The monoisotopic (exact) mass is 407 g/mol. The number of amidine groups is 1. The van der Waals surface area contributed by atoms with Gasteiger partial charge in [0.05, 0.1) is 10.9 Å². The van der Waals surface area contributed by atoms with E-state index in [0.29, 0.717) is 17.9 Å². The van der Waals surface area contributed by atoms with Crippen molar-refractivity contribution in [2.45, 2.75) is 49.1 Å². The summed E-state index contributed by atoms with van der Waals surface area (Å²) in [6.07, 6.45) is 6.01. The normalized spacial score (nSPS) is 21.9. The predicted molar refractivity (Wildman–Crippen MR) is 109 cm³/mol. The topological polar surface area (TPSA) is 101 Å². The third-order valence-electron chi connectivity index (χ3n) is 5.65. The largest absolute Gasteiger partial charge is 0.382 e. The number of nitrogens with one attached hydrogen (secondary N) is 4. The summed E-state index contributed by atoms with van der Waals surface area (Å²) in [6.45, 7) is 1.76. The van der Waals surface area contributed by atoms with E-state index in [1.165, 1.54) is 26.3 Å². The highest BCUT2D eigenvalue weighted by atomic mass is 32.2. The average Bonchev–Trinajstić information content (AvgIpc) is 3.02. The van der Waals surface area contributed by atoms with E-state index in [9.17, 15) is 8.42 Å². The van der Waals surface area contributed by atoms with Crippen molar-refractivity contribution in [2.75, 3.05) is 32.5 Å². The van der Waals surface area contributed by atoms with E-state index in [4.69, 9.17) is 5.10 Å². The zero-order valence-electron chi connectivity index (χ0n) is 16.4. The van der Waals surface area contributed by atoms with Crippen LogP contribution in [-0.4, -0.2) is 63.8 Å². The first-order chi connectivity index (χ1) is 13.5. The van der Waals surface area contributed by atoms with Gasteiger partial charge in [0.2, 0.25) is 10.0 Å². The summed E-state index contributed by atoms with van der Waals surface area (Å²) >= 11 is 0. The quantitative estimate of drug-likeness (QED) is 0.549. The molecular weight excluding hydrogens is 378 g/mol. The first kappa shape index (κ1) is 19.4. The molecule has 4 rings (SSSR count). The third kappa shape index (κ3) is 3.82. The van der Waals surface area contributed by atoms with Crippen LogP contribution in [0.3, 0.4) is 0 Å². The average molecular weight is 408 g/mol. The summed E-state index contributed by atoms with van der Waals surface area (Å²) in [6, 6.07) is 5.90. The lowest BCUT2D eigenvalue weighted by Gasteiger charge is -2.36. The Morgan fingerprint density at radius 1 is 1.18 bits per heavy atom. The van der Waals surface area contributed by atoms with Crippen LogP contribution in [0.15, 0.2) is 28.2 Å². The minimum absolute atomic E-state index is 0.232. The Morgan fingerprint density at radius 3 is 2.57 bits per heavy atom. The number of hydrazine groups is 2. The molecule has 0 aromatic heterocycles. The van der Waals surface area contributed by atoms with Crippen molar-refractivity contribution in [3.05, 3.63) is 23.8 Å². The molecule has 10 heteroatoms. The highest BCUT2D eigenvalue weighted by Gasteiger charge is 2.33. The molecule has 1 aromatic carbocycles. The van der Waals surface area contributed by atoms with E-state index in [2.05, 4.69) is 20.8 Å². The summed E-state index contributed by atoms with van der Waals surface area (Å²) < 4.78 is 27.1. The van der Waals surface area contributed by atoms with Gasteiger partial charge >= 0.3 is 0 Å². The number of anilines is 1. The highest BCUT2D eigenvalue weighted by Crippen LogP contribution is 2.27. The van der Waals surface area contributed by atoms with Crippen LogP contribution < -0.4 is 20.8 Å². The van der Waals surface area contributed by atoms with E-state index in [-0.39, 0.29) is 4.90 Å². The van der Waals surface area contributed by atoms with Crippen molar-refractivity contribution in [3.63, 3.8) is 0 Å². The van der Waals surface area contributed by atoms with Gasteiger partial charge in [0.25, 0.3) is 0 Å². The minimum Gasteiger partial charge on any atom is -0.382 e. The van der Waals surface area contributed by atoms with Gasteiger partial charge in [-0.1, -0.05) is 19.3 Å². The lowest BCUT2D eigenvalue weighted by molar-refractivity contribution is -0.0560. The highest BCUT2D eigenvalue weighted by molar-refractivity contribution is 7.89. The summed E-state index contributed by atoms with van der Waals surface area (Å²) in [5.41, 5.74) is 4.95. The van der Waals surface area contributed by atoms with Crippen LogP contribution in [0.25, 0.3) is 0 Å². The van der Waals surface area contributed by atoms with Crippen molar-refractivity contribution >= 4 is 21.5 Å². The SMILES string of the molecule is CNS(=O)(=O)c1ccc(NC2CCCCC2)c(C2=NN(C3CNC3)N(C)N2)c1. The van der Waals surface area contributed by atoms with Crippen molar-refractivity contribution in [3.8, 4) is 0 Å². The molecule has 0 radical (unpaired) electrons. The molecule has 2 aliphatic heterocycles. The second-order valence-electron chi connectivity index (χ2n) is 7.61. The van der Waals surface area contributed by atoms with Gasteiger partial charge < -0.3 is 10.6 Å². The minimum atomic E-state index is -3.53. The molecule has 2 heterocycles. The fraction of sp³-hybridized carbons (Fsp3) is 0.611. The zero-order chi connectivity index (χ0) is 19.7. The molecular formula is C18H29N7O2S. The Hall–Kier alpha value is -1.88. The van der Waals surface area contributed by atoms with Gasteiger partial charge in [0.15, 0.2) is 5.84 Å². The molecule has 0 bridgehead atoms. The Kier molecular flexibility index (Phi) is 5.46. The number of nitrogens with zero attached hydrogens (tertiary/aromatic N) is 3. The maximum atomic E-state index is 12.3. The van der Waals surface area contributed by atoms with Crippen LogP contribution in [0.2, 0.25) is 0 Å². The van der Waals surface area contributed by atoms with Gasteiger partial charge in [0.1, 0.15) is 0 Å². The van der Waals surface area contributed by atoms with Crippen molar-refractivity contribution < 1.29 is 8.42 Å². The van der Waals surface area contributed by atoms with E-state index < -0.39 is 10.0 Å². The number of hydrogen-bond acceptors (Lipinski definition) is 8. The molecule has 2 fully saturated rings. The van der Waals surface area contributed by atoms with Crippen LogP contribution in [0.4, 0.5) is 5.69 Å². The molecule has 0 unspecified atom stereocenters. The predicted octanol–water partition coefficient (Wildman–Crippen LogP) is 0.640. The molecule has 0 amide bonds. The lowest BCUT2D eigenvalue weighted by atomic mass is 9.95. The number of rotatable bonds is 6. The Morgan fingerprint density at radius 2 is 1.93 bits per heavy atom. The Labute approximate surface area is 166 Å². The van der Waals surface area contributed by atoms with Gasteiger partial charge in [-0.3, -0.25) is 5.43 Å². The second kappa shape index (κ2) is 7.86. The van der Waals surface area contributed by atoms with E-state index in [0.717, 1.165) is 37.2 Å². The van der Waals surface area contributed by atoms with Crippen LogP contribution in [0.5, 0.6) is 0 Å². The molecule has 1 aromatic rings. The van der Waals surface area contributed by atoms with Crippen LogP contribution in [0.1, 0.15) is 37.7 Å². The van der Waals surface area contributed by atoms with E-state index in [1.54, 1.807) is 12.1 Å². The molecule has 1 aliphatic carbocycles. The summed E-state index contributed by atoms with van der Waals surface area (Å²) in [7, 11) is -0.197. The molecule has 9 nitrogen and oxygen atoms in total. The van der Waals surface area contributed by atoms with Crippen molar-refractivity contribution in [1.29, 1.82) is 0 Å². The molecule has 1 saturated heterocycles. The zero-order valence-corrected chi connectivity index (χ0v) is 17.2. The van der Waals surface area contributed by atoms with E-state index >= 15 is 0 Å². The van der Waals surface area contributed by atoms with E-state index in [1.807, 2.05) is 23.3 Å². The van der Waals surface area contributed by atoms with Crippen LogP contribution in [-0.2, 0) is 10.0 Å². The number of hydrazone groups is 1. The summed E-state index contributed by atoms with van der Waals surface area (Å²) in [4.78, 5) is 0.232. The fourth-order valence-electron chi connectivity index (χ4n) is 3.87. The summed E-state index contributed by atoms with van der Waals surface area (Å²) in [5, 5.41) is 15.4. The summed E-state index contributed by atoms with van der Waals surface area (Å²) in [5.74, 6) is 0.654. The van der Waals surface area contributed by atoms with Gasteiger partial charge in [-0.2, -0.15) is 0 Å². The van der Waals surface area contributed by atoms with Crippen molar-refractivity contribution in [1.82, 2.24) is 25.7 Å². The van der Waals surface area contributed by atoms with Gasteiger partial charge in [-0.15, -0.1) is 10.2 Å². The molecule has 4 N–H and O–H groups in total. The smallest absolute Gasteiger partial charge is 0.240 e. The molecule has 1 saturated carbocycles. The number of hydrogen-bond donors (Lipinski definition) is 4. The molecule has 154 valence electrons. The molecule has 28 heavy (non-hydrogen) atoms. The Bertz CT molecular complexity index is 847. The number of benzene rings is 1. The van der Waals surface area contributed by atoms with Crippen LogP contribution in [0, 0.1) is 0 Å². The fourth-order valence-corrected chi connectivity index (χ4v) is 4.63. The molecule has 0 spiro atoms. The number of sulfonamides is 1. The molecule has 3 aliphatic rings. The maximum absolute atomic E-state index is 12.3. The van der Waals surface area contributed by atoms with Gasteiger partial charge in [-0.05, 0) is 38.1 Å². The standard InChI is InChI=1S/C18H29N7O2S/c1-19-28(26,27)15-8-9-17(21-13-6-4-3-5-7-13)16(10-15)18-22-24(2)25(23-18)14-11-20-12-14/h8-10,13-14,19-21H,3-7,11-12H2,1-2H3,(H,22,23). The first-order valence-electron chi connectivity index (χ1n) is 9.91.